The highest BCUT2D eigenvalue weighted by molar-refractivity contribution is 8.01. The van der Waals surface area contributed by atoms with E-state index in [1.165, 1.54) is 34.4 Å². The first-order valence-electron chi connectivity index (χ1n) is 8.55. The maximum absolute atomic E-state index is 13.1. The van der Waals surface area contributed by atoms with Gasteiger partial charge in [-0.05, 0) is 43.3 Å². The Bertz CT molecular complexity index is 1030. The van der Waals surface area contributed by atoms with Crippen molar-refractivity contribution in [1.82, 2.24) is 15.2 Å². The summed E-state index contributed by atoms with van der Waals surface area (Å²) < 4.78 is 7.32. The van der Waals surface area contributed by atoms with Crippen molar-refractivity contribution in [1.29, 1.82) is 0 Å². The molecule has 0 bridgehead atoms. The summed E-state index contributed by atoms with van der Waals surface area (Å²) in [5.74, 6) is 0.952. The molecule has 0 radical (unpaired) electrons. The number of nitrogens with zero attached hydrogens (tertiary/aromatic N) is 4. The molecule has 2 heterocycles. The highest BCUT2D eigenvalue weighted by Crippen LogP contribution is 2.35. The van der Waals surface area contributed by atoms with Crippen LogP contribution in [0.4, 0.5) is 10.8 Å². The molecule has 0 aliphatic heterocycles. The van der Waals surface area contributed by atoms with Crippen LogP contribution < -0.4 is 9.64 Å². The molecule has 4 aromatic rings. The Morgan fingerprint density at radius 3 is 2.71 bits per heavy atom. The van der Waals surface area contributed by atoms with Crippen LogP contribution in [0.25, 0.3) is 10.2 Å². The van der Waals surface area contributed by atoms with Crippen LogP contribution in [-0.4, -0.2) is 33.4 Å². The largest absolute Gasteiger partial charge is 0.494 e. The van der Waals surface area contributed by atoms with Gasteiger partial charge in [0.15, 0.2) is 9.47 Å². The minimum absolute atomic E-state index is 0.0663. The van der Waals surface area contributed by atoms with Gasteiger partial charge < -0.3 is 4.74 Å². The first-order chi connectivity index (χ1) is 13.7. The summed E-state index contributed by atoms with van der Waals surface area (Å²) in [5.41, 5.74) is 3.29. The third-order valence-corrected chi connectivity index (χ3v) is 6.66. The number of thiazole rings is 1. The van der Waals surface area contributed by atoms with E-state index in [0.29, 0.717) is 11.7 Å². The number of carbonyl (C=O) groups is 1. The van der Waals surface area contributed by atoms with E-state index in [1.54, 1.807) is 10.4 Å². The molecule has 142 valence electrons. The molecular formula is C19H16N4O2S3. The third kappa shape index (κ3) is 4.16. The summed E-state index contributed by atoms with van der Waals surface area (Å²) in [6.07, 6.45) is 0. The minimum atomic E-state index is -0.0663. The number of hydrogen-bond donors (Lipinski definition) is 0. The van der Waals surface area contributed by atoms with E-state index in [1.807, 2.05) is 55.5 Å². The van der Waals surface area contributed by atoms with Gasteiger partial charge in [0.05, 0.1) is 28.3 Å². The van der Waals surface area contributed by atoms with E-state index >= 15 is 0 Å². The van der Waals surface area contributed by atoms with Crippen molar-refractivity contribution in [2.45, 2.75) is 11.3 Å². The van der Waals surface area contributed by atoms with Gasteiger partial charge in [-0.2, -0.15) is 0 Å². The fraction of sp³-hybridized carbons (Fsp3) is 0.158. The van der Waals surface area contributed by atoms with Crippen molar-refractivity contribution in [3.63, 3.8) is 0 Å². The molecule has 28 heavy (non-hydrogen) atoms. The molecule has 0 saturated carbocycles. The van der Waals surface area contributed by atoms with Gasteiger partial charge in [0.2, 0.25) is 5.91 Å². The molecule has 0 atom stereocenters. The van der Waals surface area contributed by atoms with Crippen LogP contribution in [0.3, 0.4) is 0 Å². The number of carbonyl (C=O) groups excluding carboxylic acids is 1. The molecule has 9 heteroatoms. The summed E-state index contributed by atoms with van der Waals surface area (Å²) >= 11 is 4.29. The molecular weight excluding hydrogens is 412 g/mol. The van der Waals surface area contributed by atoms with Crippen LogP contribution in [-0.2, 0) is 4.79 Å². The lowest BCUT2D eigenvalue weighted by Crippen LogP contribution is -2.27. The summed E-state index contributed by atoms with van der Waals surface area (Å²) in [6, 6.07) is 15.4. The standard InChI is InChI=1S/C19H16N4O2S3/c1-2-25-14-9-7-13(8-10-14)23(17(24)11-26-19-22-20-12-27-19)18-21-15-5-3-4-6-16(15)28-18/h3-10,12H,2,11H2,1H3. The van der Waals surface area contributed by atoms with Gasteiger partial charge in [-0.25, -0.2) is 4.98 Å². The van der Waals surface area contributed by atoms with E-state index < -0.39 is 0 Å². The zero-order valence-corrected chi connectivity index (χ0v) is 17.4. The molecule has 0 aliphatic rings. The van der Waals surface area contributed by atoms with Crippen LogP contribution in [0.2, 0.25) is 0 Å². The highest BCUT2D eigenvalue weighted by Gasteiger charge is 2.22. The van der Waals surface area contributed by atoms with Gasteiger partial charge in [-0.1, -0.05) is 46.6 Å². The van der Waals surface area contributed by atoms with E-state index in [-0.39, 0.29) is 11.7 Å². The van der Waals surface area contributed by atoms with Crippen molar-refractivity contribution >= 4 is 61.4 Å². The second-order valence-corrected chi connectivity index (χ2v) is 8.68. The zero-order valence-electron chi connectivity index (χ0n) is 14.9. The predicted octanol–water partition coefficient (Wildman–Crippen LogP) is 5.00. The quantitative estimate of drug-likeness (QED) is 0.386. The lowest BCUT2D eigenvalue weighted by Gasteiger charge is -2.20. The van der Waals surface area contributed by atoms with E-state index in [4.69, 9.17) is 4.74 Å². The molecule has 6 nitrogen and oxygen atoms in total. The number of ether oxygens (including phenoxy) is 1. The van der Waals surface area contributed by atoms with Crippen LogP contribution >= 0.6 is 34.4 Å². The Morgan fingerprint density at radius 2 is 2.00 bits per heavy atom. The van der Waals surface area contributed by atoms with Gasteiger partial charge in [0.1, 0.15) is 11.3 Å². The Kier molecular flexibility index (Phi) is 5.84. The summed E-state index contributed by atoms with van der Waals surface area (Å²) in [5, 5.41) is 8.45. The number of anilines is 2. The number of amides is 1. The number of rotatable bonds is 7. The summed E-state index contributed by atoms with van der Waals surface area (Å²) in [7, 11) is 0. The van der Waals surface area contributed by atoms with E-state index in [0.717, 1.165) is 26.0 Å². The molecule has 0 N–H and O–H groups in total. The number of fused-ring (bicyclic) bond motifs is 1. The van der Waals surface area contributed by atoms with Crippen molar-refractivity contribution in [3.05, 3.63) is 54.0 Å². The molecule has 2 aromatic carbocycles. The van der Waals surface area contributed by atoms with Gasteiger partial charge in [0.25, 0.3) is 0 Å². The van der Waals surface area contributed by atoms with Crippen molar-refractivity contribution < 1.29 is 9.53 Å². The van der Waals surface area contributed by atoms with Crippen LogP contribution in [0, 0.1) is 0 Å². The molecule has 0 saturated heterocycles. The van der Waals surface area contributed by atoms with Gasteiger partial charge in [0, 0.05) is 0 Å². The molecule has 4 rings (SSSR count). The van der Waals surface area contributed by atoms with E-state index in [9.17, 15) is 4.79 Å². The van der Waals surface area contributed by atoms with Crippen molar-refractivity contribution in [2.24, 2.45) is 0 Å². The van der Waals surface area contributed by atoms with Crippen LogP contribution in [0.1, 0.15) is 6.92 Å². The Morgan fingerprint density at radius 1 is 1.18 bits per heavy atom. The Labute approximate surface area is 174 Å². The van der Waals surface area contributed by atoms with Crippen molar-refractivity contribution in [2.75, 3.05) is 17.3 Å². The number of benzene rings is 2. The number of hydrogen-bond acceptors (Lipinski definition) is 8. The molecule has 0 spiro atoms. The second kappa shape index (κ2) is 8.68. The summed E-state index contributed by atoms with van der Waals surface area (Å²) in [6.45, 7) is 2.54. The van der Waals surface area contributed by atoms with Crippen molar-refractivity contribution in [3.8, 4) is 5.75 Å². The highest BCUT2D eigenvalue weighted by atomic mass is 32.2. The first kappa shape index (κ1) is 18.9. The monoisotopic (exact) mass is 428 g/mol. The average molecular weight is 429 g/mol. The topological polar surface area (TPSA) is 68.2 Å². The lowest BCUT2D eigenvalue weighted by molar-refractivity contribution is -0.115. The maximum atomic E-state index is 13.1. The molecule has 0 fully saturated rings. The molecule has 2 aromatic heterocycles. The van der Waals surface area contributed by atoms with Gasteiger partial charge in [-0.15, -0.1) is 10.2 Å². The minimum Gasteiger partial charge on any atom is -0.494 e. The Balaban J connectivity index is 1.66. The number of thioether (sulfide) groups is 1. The maximum Gasteiger partial charge on any atom is 0.243 e. The molecule has 0 unspecified atom stereocenters. The van der Waals surface area contributed by atoms with Gasteiger partial charge >= 0.3 is 0 Å². The molecule has 0 aliphatic carbocycles. The third-order valence-electron chi connectivity index (χ3n) is 3.79. The first-order valence-corrected chi connectivity index (χ1v) is 11.2. The summed E-state index contributed by atoms with van der Waals surface area (Å²) in [4.78, 5) is 19.5. The van der Waals surface area contributed by atoms with Crippen LogP contribution in [0.15, 0.2) is 58.4 Å². The Hall–Kier alpha value is -2.49. The normalized spacial score (nSPS) is 10.9. The number of para-hydroxylation sites is 1. The predicted molar refractivity (Wildman–Crippen MR) is 115 cm³/mol. The zero-order chi connectivity index (χ0) is 19.3. The fourth-order valence-electron chi connectivity index (χ4n) is 2.59. The number of aromatic nitrogens is 3. The van der Waals surface area contributed by atoms with E-state index in [2.05, 4.69) is 15.2 Å². The SMILES string of the molecule is CCOc1ccc(N(C(=O)CSc2nncs2)c2nc3ccccc3s2)cc1. The fourth-order valence-corrected chi connectivity index (χ4v) is 4.93. The second-order valence-electron chi connectivity index (χ2n) is 5.61. The molecule has 1 amide bonds. The van der Waals surface area contributed by atoms with Crippen LogP contribution in [0.5, 0.6) is 5.75 Å². The lowest BCUT2D eigenvalue weighted by atomic mass is 10.3. The van der Waals surface area contributed by atoms with Gasteiger partial charge in [-0.3, -0.25) is 9.69 Å². The average Bonchev–Trinajstić information content (AvgIpc) is 3.37. The smallest absolute Gasteiger partial charge is 0.243 e.